The predicted molar refractivity (Wildman–Crippen MR) is 73.1 cm³/mol. The lowest BCUT2D eigenvalue weighted by Crippen LogP contribution is -2.23. The highest BCUT2D eigenvalue weighted by Crippen LogP contribution is 2.19. The van der Waals surface area contributed by atoms with Gasteiger partial charge in [-0.05, 0) is 25.2 Å². The van der Waals surface area contributed by atoms with Crippen LogP contribution in [0, 0.1) is 0 Å². The maximum Gasteiger partial charge on any atom is 0.241 e. The minimum Gasteiger partial charge on any atom is -0.315 e. The van der Waals surface area contributed by atoms with E-state index in [1.54, 1.807) is 29.8 Å². The van der Waals surface area contributed by atoms with Crippen LogP contribution in [0.3, 0.4) is 0 Å². The molecule has 2 N–H and O–H groups in total. The van der Waals surface area contributed by atoms with E-state index in [2.05, 4.69) is 20.2 Å². The summed E-state index contributed by atoms with van der Waals surface area (Å²) in [7, 11) is -1.67. The first kappa shape index (κ1) is 14.1. The van der Waals surface area contributed by atoms with E-state index < -0.39 is 10.0 Å². The second-order valence-corrected chi connectivity index (χ2v) is 6.58. The van der Waals surface area contributed by atoms with E-state index in [0.29, 0.717) is 12.2 Å². The Bertz CT molecular complexity index is 625. The lowest BCUT2D eigenvalue weighted by atomic mass is 10.4. The fourth-order valence-corrected chi connectivity index (χ4v) is 3.73. The van der Waals surface area contributed by atoms with Crippen LogP contribution >= 0.6 is 11.3 Å². The van der Waals surface area contributed by atoms with Gasteiger partial charge in [0.25, 0.3) is 0 Å². The van der Waals surface area contributed by atoms with Crippen molar-refractivity contribution in [3.05, 3.63) is 40.3 Å². The van der Waals surface area contributed by atoms with Crippen molar-refractivity contribution in [2.75, 3.05) is 7.05 Å². The summed E-state index contributed by atoms with van der Waals surface area (Å²) in [4.78, 5) is 1.26. The highest BCUT2D eigenvalue weighted by molar-refractivity contribution is 7.89. The molecule has 0 saturated carbocycles. The number of nitrogens with one attached hydrogen (secondary N) is 2. The van der Waals surface area contributed by atoms with Crippen LogP contribution in [0.15, 0.2) is 34.7 Å². The van der Waals surface area contributed by atoms with Gasteiger partial charge in [-0.15, -0.1) is 11.3 Å². The molecule has 0 radical (unpaired) electrons. The van der Waals surface area contributed by atoms with E-state index in [0.717, 1.165) is 4.88 Å². The standard InChI is InChI=1S/C11H14N4O2S2/c1-12-7-10-5-11(8-18-10)19(16,17)14-6-9-3-2-4-13-15-9/h2-5,8,12,14H,6-7H2,1H3. The van der Waals surface area contributed by atoms with Crippen molar-refractivity contribution in [2.24, 2.45) is 0 Å². The maximum absolute atomic E-state index is 12.1. The zero-order valence-corrected chi connectivity index (χ0v) is 12.0. The number of rotatable bonds is 6. The van der Waals surface area contributed by atoms with Crippen molar-refractivity contribution < 1.29 is 8.42 Å². The molecule has 0 aromatic carbocycles. The zero-order valence-electron chi connectivity index (χ0n) is 10.3. The average Bonchev–Trinajstić information content (AvgIpc) is 2.88. The lowest BCUT2D eigenvalue weighted by molar-refractivity contribution is 0.580. The van der Waals surface area contributed by atoms with Crippen LogP contribution in [0.2, 0.25) is 0 Å². The second kappa shape index (κ2) is 6.20. The van der Waals surface area contributed by atoms with Crippen LogP contribution in [-0.2, 0) is 23.1 Å². The van der Waals surface area contributed by atoms with Crippen LogP contribution in [0.1, 0.15) is 10.6 Å². The van der Waals surface area contributed by atoms with Gasteiger partial charge in [0.05, 0.1) is 17.1 Å². The molecule has 0 fully saturated rings. The molecular formula is C11H14N4O2S2. The number of thiophene rings is 1. The molecule has 2 aromatic heterocycles. The Morgan fingerprint density at radius 3 is 2.89 bits per heavy atom. The quantitative estimate of drug-likeness (QED) is 0.821. The number of hydrogen-bond acceptors (Lipinski definition) is 6. The van der Waals surface area contributed by atoms with Gasteiger partial charge in [-0.25, -0.2) is 13.1 Å². The van der Waals surface area contributed by atoms with Gasteiger partial charge in [0, 0.05) is 23.0 Å². The van der Waals surface area contributed by atoms with E-state index in [4.69, 9.17) is 0 Å². The fraction of sp³-hybridized carbons (Fsp3) is 0.273. The van der Waals surface area contributed by atoms with Gasteiger partial charge < -0.3 is 5.32 Å². The molecule has 0 aliphatic carbocycles. The summed E-state index contributed by atoms with van der Waals surface area (Å²) in [5, 5.41) is 12.1. The number of hydrogen-bond donors (Lipinski definition) is 2. The smallest absolute Gasteiger partial charge is 0.241 e. The number of nitrogens with zero attached hydrogens (tertiary/aromatic N) is 2. The monoisotopic (exact) mass is 298 g/mol. The molecule has 0 amide bonds. The third-order valence-electron chi connectivity index (χ3n) is 2.36. The Labute approximate surface area is 115 Å². The molecule has 0 aliphatic rings. The van der Waals surface area contributed by atoms with Crippen molar-refractivity contribution in [3.8, 4) is 0 Å². The maximum atomic E-state index is 12.1. The second-order valence-electron chi connectivity index (χ2n) is 3.82. The molecule has 6 nitrogen and oxygen atoms in total. The highest BCUT2D eigenvalue weighted by atomic mass is 32.2. The molecule has 0 spiro atoms. The van der Waals surface area contributed by atoms with Crippen LogP contribution < -0.4 is 10.0 Å². The molecule has 0 bridgehead atoms. The molecule has 102 valence electrons. The van der Waals surface area contributed by atoms with Gasteiger partial charge in [0.2, 0.25) is 10.0 Å². The summed E-state index contributed by atoms with van der Waals surface area (Å²) in [6.45, 7) is 0.789. The van der Waals surface area contributed by atoms with Crippen molar-refractivity contribution in [3.63, 3.8) is 0 Å². The summed E-state index contributed by atoms with van der Waals surface area (Å²) in [5.41, 5.74) is 0.580. The molecular weight excluding hydrogens is 284 g/mol. The third kappa shape index (κ3) is 3.80. The molecule has 2 aromatic rings. The van der Waals surface area contributed by atoms with Gasteiger partial charge in [-0.2, -0.15) is 10.2 Å². The van der Waals surface area contributed by atoms with Crippen molar-refractivity contribution >= 4 is 21.4 Å². The Hall–Kier alpha value is -1.35. The minimum absolute atomic E-state index is 0.132. The zero-order chi connectivity index (χ0) is 13.7. The topological polar surface area (TPSA) is 84.0 Å². The van der Waals surface area contributed by atoms with Crippen molar-refractivity contribution in [1.29, 1.82) is 0 Å². The van der Waals surface area contributed by atoms with E-state index in [1.807, 2.05) is 7.05 Å². The Morgan fingerprint density at radius 2 is 2.21 bits per heavy atom. The molecule has 2 rings (SSSR count). The van der Waals surface area contributed by atoms with Gasteiger partial charge >= 0.3 is 0 Å². The lowest BCUT2D eigenvalue weighted by Gasteiger charge is -2.03. The van der Waals surface area contributed by atoms with Gasteiger partial charge in [-0.1, -0.05) is 0 Å². The van der Waals surface area contributed by atoms with E-state index in [9.17, 15) is 8.42 Å². The summed E-state index contributed by atoms with van der Waals surface area (Å²) >= 11 is 1.41. The first-order valence-electron chi connectivity index (χ1n) is 5.60. The van der Waals surface area contributed by atoms with Gasteiger partial charge in [0.1, 0.15) is 0 Å². The van der Waals surface area contributed by atoms with E-state index in [-0.39, 0.29) is 11.4 Å². The van der Waals surface area contributed by atoms with Crippen molar-refractivity contribution in [1.82, 2.24) is 20.2 Å². The highest BCUT2D eigenvalue weighted by Gasteiger charge is 2.16. The molecule has 19 heavy (non-hydrogen) atoms. The SMILES string of the molecule is CNCc1cc(S(=O)(=O)NCc2cccnn2)cs1. The fourth-order valence-electron chi connectivity index (χ4n) is 1.45. The molecule has 0 aliphatic heterocycles. The van der Waals surface area contributed by atoms with Gasteiger partial charge in [-0.3, -0.25) is 0 Å². The Morgan fingerprint density at radius 1 is 1.37 bits per heavy atom. The average molecular weight is 298 g/mol. The van der Waals surface area contributed by atoms with Crippen molar-refractivity contribution in [2.45, 2.75) is 18.0 Å². The normalized spacial score (nSPS) is 11.6. The summed E-state index contributed by atoms with van der Waals surface area (Å²) in [5.74, 6) is 0. The number of sulfonamides is 1. The molecule has 0 saturated heterocycles. The molecule has 0 atom stereocenters. The molecule has 0 unspecified atom stereocenters. The predicted octanol–water partition coefficient (Wildman–Crippen LogP) is 0.736. The Kier molecular flexibility index (Phi) is 4.59. The minimum atomic E-state index is -3.49. The largest absolute Gasteiger partial charge is 0.315 e. The molecule has 8 heteroatoms. The Balaban J connectivity index is 2.05. The van der Waals surface area contributed by atoms with Crippen LogP contribution in [0.25, 0.3) is 0 Å². The van der Waals surface area contributed by atoms with Crippen LogP contribution in [0.5, 0.6) is 0 Å². The van der Waals surface area contributed by atoms with Gasteiger partial charge in [0.15, 0.2) is 0 Å². The molecule has 2 heterocycles. The van der Waals surface area contributed by atoms with Crippen LogP contribution in [0.4, 0.5) is 0 Å². The summed E-state index contributed by atoms with van der Waals surface area (Å²) in [6, 6.07) is 5.10. The van der Waals surface area contributed by atoms with E-state index >= 15 is 0 Å². The summed E-state index contributed by atoms with van der Waals surface area (Å²) in [6.07, 6.45) is 1.54. The number of aromatic nitrogens is 2. The summed E-state index contributed by atoms with van der Waals surface area (Å²) < 4.78 is 26.6. The van der Waals surface area contributed by atoms with E-state index in [1.165, 1.54) is 11.3 Å². The first-order chi connectivity index (χ1) is 9.12. The first-order valence-corrected chi connectivity index (χ1v) is 7.96. The van der Waals surface area contributed by atoms with Crippen LogP contribution in [-0.4, -0.2) is 25.7 Å². The third-order valence-corrected chi connectivity index (χ3v) is 4.83.